The molecule has 1 fully saturated rings. The van der Waals surface area contributed by atoms with Crippen molar-refractivity contribution in [3.8, 4) is 16.3 Å². The van der Waals surface area contributed by atoms with Crippen LogP contribution in [0.25, 0.3) is 10.6 Å². The third kappa shape index (κ3) is 4.99. The zero-order chi connectivity index (χ0) is 18.6. The first-order valence-electron chi connectivity index (χ1n) is 8.89. The van der Waals surface area contributed by atoms with Crippen LogP contribution in [0.15, 0.2) is 30.5 Å². The van der Waals surface area contributed by atoms with E-state index in [2.05, 4.69) is 9.88 Å². The molecule has 1 saturated heterocycles. The lowest BCUT2D eigenvalue weighted by Gasteiger charge is -2.31. The Balaban J connectivity index is 0.00000261. The van der Waals surface area contributed by atoms with Gasteiger partial charge in [-0.2, -0.15) is 0 Å². The number of rotatable bonds is 8. The highest BCUT2D eigenvalue weighted by atomic mass is 35.5. The Kier molecular flexibility index (Phi) is 7.61. The largest absolute Gasteiger partial charge is 0.494 e. The van der Waals surface area contributed by atoms with E-state index in [0.717, 1.165) is 47.1 Å². The summed E-state index contributed by atoms with van der Waals surface area (Å²) in [5.41, 5.74) is 5.95. The Morgan fingerprint density at radius 1 is 1.41 bits per heavy atom. The molecule has 1 aromatic heterocycles. The van der Waals surface area contributed by atoms with E-state index in [4.69, 9.17) is 10.5 Å². The number of hydrogen-bond acceptors (Lipinski definition) is 6. The first-order valence-corrected chi connectivity index (χ1v) is 9.71. The van der Waals surface area contributed by atoms with Gasteiger partial charge in [0.25, 0.3) is 0 Å². The van der Waals surface area contributed by atoms with Crippen molar-refractivity contribution in [2.75, 3.05) is 19.7 Å². The topological polar surface area (TPSA) is 88.7 Å². The second-order valence-corrected chi connectivity index (χ2v) is 7.85. The molecule has 2 aromatic rings. The zero-order valence-electron chi connectivity index (χ0n) is 15.4. The van der Waals surface area contributed by atoms with Crippen LogP contribution in [0.4, 0.5) is 0 Å². The first-order chi connectivity index (χ1) is 12.5. The molecule has 2 heterocycles. The summed E-state index contributed by atoms with van der Waals surface area (Å²) in [6.07, 6.45) is 4.27. The third-order valence-electron chi connectivity index (χ3n) is 4.95. The Hall–Kier alpha value is -1.67. The minimum atomic E-state index is -0.730. The molecule has 0 spiro atoms. The van der Waals surface area contributed by atoms with E-state index in [9.17, 15) is 9.90 Å². The maximum atomic E-state index is 11.5. The number of carboxylic acid groups (broad SMARTS) is 1. The minimum absolute atomic E-state index is 0. The molecule has 1 aliphatic rings. The molecule has 0 bridgehead atoms. The highest BCUT2D eigenvalue weighted by Crippen LogP contribution is 2.29. The molecule has 0 amide bonds. The molecule has 27 heavy (non-hydrogen) atoms. The molecule has 0 saturated carbocycles. The van der Waals surface area contributed by atoms with Gasteiger partial charge in [-0.1, -0.05) is 0 Å². The zero-order valence-corrected chi connectivity index (χ0v) is 17.0. The van der Waals surface area contributed by atoms with E-state index >= 15 is 0 Å². The first kappa shape index (κ1) is 21.6. The number of hydrogen-bond donors (Lipinski definition) is 2. The molecule has 8 heteroatoms. The number of carbonyl (C=O) groups is 1. The Morgan fingerprint density at radius 3 is 2.78 bits per heavy atom. The lowest BCUT2D eigenvalue weighted by molar-refractivity contribution is -0.148. The normalized spacial score (nSPS) is 19.6. The molecular formula is C19H26ClN3O3S. The number of benzene rings is 1. The fourth-order valence-electron chi connectivity index (χ4n) is 3.29. The van der Waals surface area contributed by atoms with Crippen LogP contribution < -0.4 is 10.5 Å². The van der Waals surface area contributed by atoms with Crippen molar-refractivity contribution >= 4 is 29.7 Å². The van der Waals surface area contributed by atoms with E-state index in [1.54, 1.807) is 11.3 Å². The predicted molar refractivity (Wildman–Crippen MR) is 110 cm³/mol. The summed E-state index contributed by atoms with van der Waals surface area (Å²) in [4.78, 5) is 19.0. The molecule has 0 radical (unpaired) electrons. The Bertz CT molecular complexity index is 753. The van der Waals surface area contributed by atoms with Gasteiger partial charge in [-0.25, -0.2) is 4.98 Å². The van der Waals surface area contributed by atoms with Crippen molar-refractivity contribution < 1.29 is 14.6 Å². The Morgan fingerprint density at radius 2 is 2.15 bits per heavy atom. The standard InChI is InChI=1S/C19H25N3O3S.ClH/c1-19(18(23)24)8-2-9-22(19)10-3-11-25-15-6-4-14(5-7-15)17-21-13-16(12-20)26-17;/h4-7,13H,2-3,8-12,20H2,1H3,(H,23,24);1H/t19-;/m0./s1. The molecular weight excluding hydrogens is 386 g/mol. The van der Waals surface area contributed by atoms with Crippen LogP contribution >= 0.6 is 23.7 Å². The van der Waals surface area contributed by atoms with Gasteiger partial charge in [0, 0.05) is 29.7 Å². The second-order valence-electron chi connectivity index (χ2n) is 6.73. The molecule has 3 rings (SSSR count). The van der Waals surface area contributed by atoms with Crippen LogP contribution in [0.1, 0.15) is 31.1 Å². The predicted octanol–water partition coefficient (Wildman–Crippen LogP) is 3.40. The van der Waals surface area contributed by atoms with Crippen molar-refractivity contribution in [3.05, 3.63) is 35.3 Å². The molecule has 1 aromatic carbocycles. The smallest absolute Gasteiger partial charge is 0.323 e. The fraction of sp³-hybridized carbons (Fsp3) is 0.474. The summed E-state index contributed by atoms with van der Waals surface area (Å²) in [5.74, 6) is 0.0817. The summed E-state index contributed by atoms with van der Waals surface area (Å²) in [6.45, 7) is 4.48. The van der Waals surface area contributed by atoms with E-state index < -0.39 is 11.5 Å². The molecule has 6 nitrogen and oxygen atoms in total. The summed E-state index contributed by atoms with van der Waals surface area (Å²) >= 11 is 1.60. The number of likely N-dealkylation sites (tertiary alicyclic amines) is 1. The van der Waals surface area contributed by atoms with E-state index in [0.29, 0.717) is 19.6 Å². The van der Waals surface area contributed by atoms with E-state index in [-0.39, 0.29) is 12.4 Å². The Labute approximate surface area is 169 Å². The van der Waals surface area contributed by atoms with E-state index in [1.165, 1.54) is 0 Å². The number of ether oxygens (including phenoxy) is 1. The molecule has 148 valence electrons. The molecule has 1 aliphatic heterocycles. The van der Waals surface area contributed by atoms with Crippen molar-refractivity contribution in [3.63, 3.8) is 0 Å². The number of aliphatic carboxylic acids is 1. The number of nitrogens with two attached hydrogens (primary N) is 1. The molecule has 0 aliphatic carbocycles. The van der Waals surface area contributed by atoms with Crippen molar-refractivity contribution in [1.82, 2.24) is 9.88 Å². The highest BCUT2D eigenvalue weighted by molar-refractivity contribution is 7.15. The number of carboxylic acids is 1. The van der Waals surface area contributed by atoms with Crippen LogP contribution in [0.5, 0.6) is 5.75 Å². The molecule has 3 N–H and O–H groups in total. The third-order valence-corrected chi connectivity index (χ3v) is 6.02. The van der Waals surface area contributed by atoms with Crippen molar-refractivity contribution in [2.24, 2.45) is 5.73 Å². The summed E-state index contributed by atoms with van der Waals surface area (Å²) < 4.78 is 5.80. The van der Waals surface area contributed by atoms with Gasteiger partial charge < -0.3 is 15.6 Å². The van der Waals surface area contributed by atoms with Crippen molar-refractivity contribution in [2.45, 2.75) is 38.3 Å². The number of nitrogens with zero attached hydrogens (tertiary/aromatic N) is 2. The van der Waals surface area contributed by atoms with Crippen LogP contribution in [-0.2, 0) is 11.3 Å². The lowest BCUT2D eigenvalue weighted by atomic mass is 9.99. The van der Waals surface area contributed by atoms with Gasteiger partial charge in [-0.3, -0.25) is 9.69 Å². The maximum Gasteiger partial charge on any atom is 0.323 e. The van der Waals surface area contributed by atoms with Crippen LogP contribution in [0.3, 0.4) is 0 Å². The average Bonchev–Trinajstić information content (AvgIpc) is 3.27. The minimum Gasteiger partial charge on any atom is -0.494 e. The van der Waals surface area contributed by atoms with Gasteiger partial charge in [0.2, 0.25) is 0 Å². The summed E-state index contributed by atoms with van der Waals surface area (Å²) in [7, 11) is 0. The van der Waals surface area contributed by atoms with Crippen LogP contribution in [0, 0.1) is 0 Å². The fourth-order valence-corrected chi connectivity index (χ4v) is 4.09. The van der Waals surface area contributed by atoms with Gasteiger partial charge in [0.15, 0.2) is 0 Å². The summed E-state index contributed by atoms with van der Waals surface area (Å²) in [5, 5.41) is 10.4. The van der Waals surface area contributed by atoms with E-state index in [1.807, 2.05) is 37.4 Å². The van der Waals surface area contributed by atoms with Gasteiger partial charge in [-0.05, 0) is 57.0 Å². The lowest BCUT2D eigenvalue weighted by Crippen LogP contribution is -2.48. The monoisotopic (exact) mass is 411 g/mol. The SMILES string of the molecule is C[C@@]1(C(=O)O)CCCN1CCCOc1ccc(-c2ncc(CN)s2)cc1.Cl. The molecule has 1 atom stereocenters. The van der Waals surface area contributed by atoms with Crippen molar-refractivity contribution in [1.29, 1.82) is 0 Å². The average molecular weight is 412 g/mol. The molecule has 0 unspecified atom stereocenters. The summed E-state index contributed by atoms with van der Waals surface area (Å²) in [6, 6.07) is 7.87. The van der Waals surface area contributed by atoms with Gasteiger partial charge in [-0.15, -0.1) is 23.7 Å². The van der Waals surface area contributed by atoms with Gasteiger partial charge in [0.1, 0.15) is 16.3 Å². The van der Waals surface area contributed by atoms with Crippen LogP contribution in [0.2, 0.25) is 0 Å². The van der Waals surface area contributed by atoms with Gasteiger partial charge >= 0.3 is 5.97 Å². The number of halogens is 1. The maximum absolute atomic E-state index is 11.5. The highest BCUT2D eigenvalue weighted by Gasteiger charge is 2.42. The van der Waals surface area contributed by atoms with Gasteiger partial charge in [0.05, 0.1) is 6.61 Å². The second kappa shape index (κ2) is 9.50. The number of aromatic nitrogens is 1. The van der Waals surface area contributed by atoms with Crippen LogP contribution in [-0.4, -0.2) is 46.2 Å². The number of thiazole rings is 1. The quantitative estimate of drug-likeness (QED) is 0.647.